The van der Waals surface area contributed by atoms with Crippen molar-refractivity contribution in [2.75, 3.05) is 14.2 Å². The molecule has 6 nitrogen and oxygen atoms in total. The molecule has 0 aliphatic carbocycles. The van der Waals surface area contributed by atoms with E-state index in [1.165, 1.54) is 0 Å². The van der Waals surface area contributed by atoms with E-state index >= 15 is 0 Å². The van der Waals surface area contributed by atoms with Crippen molar-refractivity contribution in [2.24, 2.45) is 0 Å². The van der Waals surface area contributed by atoms with Gasteiger partial charge in [0.25, 0.3) is 0 Å². The van der Waals surface area contributed by atoms with E-state index in [9.17, 15) is 9.59 Å². The van der Waals surface area contributed by atoms with Crippen molar-refractivity contribution in [3.05, 3.63) is 59.7 Å². The van der Waals surface area contributed by atoms with Crippen LogP contribution in [0.15, 0.2) is 48.5 Å². The molecule has 28 heavy (non-hydrogen) atoms. The third-order valence-electron chi connectivity index (χ3n) is 5.30. The van der Waals surface area contributed by atoms with E-state index in [0.717, 1.165) is 11.1 Å². The first-order valence-electron chi connectivity index (χ1n) is 9.31. The summed E-state index contributed by atoms with van der Waals surface area (Å²) in [6.45, 7) is 2.61. The Labute approximate surface area is 165 Å². The third-order valence-corrected chi connectivity index (χ3v) is 5.30. The summed E-state index contributed by atoms with van der Waals surface area (Å²) in [5.74, 6) is 1.07. The average molecular weight is 382 g/mol. The summed E-state index contributed by atoms with van der Waals surface area (Å²) in [4.78, 5) is 27.2. The highest BCUT2D eigenvalue weighted by atomic mass is 16.5. The largest absolute Gasteiger partial charge is 0.493 e. The van der Waals surface area contributed by atoms with Crippen molar-refractivity contribution in [2.45, 2.75) is 38.4 Å². The second-order valence-corrected chi connectivity index (χ2v) is 7.11. The maximum atomic E-state index is 13.0. The monoisotopic (exact) mass is 382 g/mol. The second kappa shape index (κ2) is 8.33. The summed E-state index contributed by atoms with van der Waals surface area (Å²) in [6.07, 6.45) is 0.863. The van der Waals surface area contributed by atoms with Crippen molar-refractivity contribution in [1.82, 2.24) is 10.2 Å². The molecule has 2 amide bonds. The first-order chi connectivity index (χ1) is 13.5. The molecule has 1 heterocycles. The summed E-state index contributed by atoms with van der Waals surface area (Å²) >= 11 is 0. The standard InChI is InChI=1S/C22H26N2O4/c1-22(21(26)23-14-16-7-5-4-6-8-16)12-11-20(25)24(22)15-17-9-10-18(27-2)19(13-17)28-3/h4-10,13H,11-12,14-15H2,1-3H3,(H,23,26)/t22-/m1/s1. The minimum Gasteiger partial charge on any atom is -0.493 e. The summed E-state index contributed by atoms with van der Waals surface area (Å²) in [5.41, 5.74) is 1.03. The minimum atomic E-state index is -0.876. The zero-order valence-electron chi connectivity index (χ0n) is 16.5. The summed E-state index contributed by atoms with van der Waals surface area (Å²) < 4.78 is 10.6. The van der Waals surface area contributed by atoms with E-state index in [1.54, 1.807) is 19.1 Å². The van der Waals surface area contributed by atoms with Crippen LogP contribution in [0.25, 0.3) is 0 Å². The van der Waals surface area contributed by atoms with E-state index < -0.39 is 5.54 Å². The highest BCUT2D eigenvalue weighted by molar-refractivity contribution is 5.94. The van der Waals surface area contributed by atoms with Crippen LogP contribution < -0.4 is 14.8 Å². The van der Waals surface area contributed by atoms with Crippen molar-refractivity contribution in [1.29, 1.82) is 0 Å². The topological polar surface area (TPSA) is 67.9 Å². The molecule has 1 N–H and O–H groups in total. The van der Waals surface area contributed by atoms with Crippen LogP contribution in [0.3, 0.4) is 0 Å². The van der Waals surface area contributed by atoms with E-state index in [-0.39, 0.29) is 11.8 Å². The highest BCUT2D eigenvalue weighted by Crippen LogP contribution is 2.34. The SMILES string of the molecule is COc1ccc(CN2C(=O)CC[C@]2(C)C(=O)NCc2ccccc2)cc1OC. The molecule has 0 saturated carbocycles. The van der Waals surface area contributed by atoms with Gasteiger partial charge in [-0.15, -0.1) is 0 Å². The van der Waals surface area contributed by atoms with Gasteiger partial charge in [-0.2, -0.15) is 0 Å². The van der Waals surface area contributed by atoms with Gasteiger partial charge in [0.1, 0.15) is 5.54 Å². The number of rotatable bonds is 7. The van der Waals surface area contributed by atoms with Gasteiger partial charge in [-0.1, -0.05) is 36.4 Å². The molecule has 1 aliphatic heterocycles. The van der Waals surface area contributed by atoms with Crippen LogP contribution >= 0.6 is 0 Å². The molecule has 0 radical (unpaired) electrons. The van der Waals surface area contributed by atoms with Crippen molar-refractivity contribution >= 4 is 11.8 Å². The molecule has 0 unspecified atom stereocenters. The minimum absolute atomic E-state index is 0.0212. The maximum Gasteiger partial charge on any atom is 0.245 e. The first kappa shape index (κ1) is 19.7. The van der Waals surface area contributed by atoms with Crippen LogP contribution in [0, 0.1) is 0 Å². The van der Waals surface area contributed by atoms with Gasteiger partial charge < -0.3 is 19.7 Å². The van der Waals surface area contributed by atoms with Gasteiger partial charge in [-0.3, -0.25) is 9.59 Å². The van der Waals surface area contributed by atoms with Crippen LogP contribution in [0.5, 0.6) is 11.5 Å². The fourth-order valence-electron chi connectivity index (χ4n) is 3.52. The second-order valence-electron chi connectivity index (χ2n) is 7.11. The Kier molecular flexibility index (Phi) is 5.87. The smallest absolute Gasteiger partial charge is 0.245 e. The molecule has 6 heteroatoms. The Balaban J connectivity index is 1.75. The normalized spacial score (nSPS) is 18.8. The van der Waals surface area contributed by atoms with Gasteiger partial charge in [-0.25, -0.2) is 0 Å². The maximum absolute atomic E-state index is 13.0. The zero-order chi connectivity index (χ0) is 20.1. The lowest BCUT2D eigenvalue weighted by Crippen LogP contribution is -2.53. The van der Waals surface area contributed by atoms with Gasteiger partial charge in [0.05, 0.1) is 14.2 Å². The number of nitrogens with one attached hydrogen (secondary N) is 1. The molecular formula is C22H26N2O4. The summed E-state index contributed by atoms with van der Waals surface area (Å²) in [7, 11) is 3.15. The van der Waals surface area contributed by atoms with Crippen molar-refractivity contribution in [3.8, 4) is 11.5 Å². The number of likely N-dealkylation sites (tertiary alicyclic amines) is 1. The van der Waals surface area contributed by atoms with Crippen LogP contribution in [0.4, 0.5) is 0 Å². The van der Waals surface area contributed by atoms with Gasteiger partial charge >= 0.3 is 0 Å². The van der Waals surface area contributed by atoms with Crippen LogP contribution in [-0.2, 0) is 22.7 Å². The molecule has 0 aromatic heterocycles. The molecule has 2 aromatic carbocycles. The van der Waals surface area contributed by atoms with Crippen LogP contribution in [0.1, 0.15) is 30.9 Å². The summed E-state index contributed by atoms with van der Waals surface area (Å²) in [6, 6.07) is 15.3. The zero-order valence-corrected chi connectivity index (χ0v) is 16.5. The first-order valence-corrected chi connectivity index (χ1v) is 9.31. The van der Waals surface area contributed by atoms with E-state index in [2.05, 4.69) is 5.32 Å². The lowest BCUT2D eigenvalue weighted by Gasteiger charge is -2.34. The van der Waals surface area contributed by atoms with Crippen molar-refractivity contribution < 1.29 is 19.1 Å². The fraction of sp³-hybridized carbons (Fsp3) is 0.364. The predicted molar refractivity (Wildman–Crippen MR) is 106 cm³/mol. The Bertz CT molecular complexity index is 853. The van der Waals surface area contributed by atoms with E-state index in [1.807, 2.05) is 55.5 Å². The lowest BCUT2D eigenvalue weighted by atomic mass is 9.97. The number of benzene rings is 2. The molecule has 3 rings (SSSR count). The van der Waals surface area contributed by atoms with Gasteiger partial charge in [-0.05, 0) is 36.6 Å². The van der Waals surface area contributed by atoms with Crippen LogP contribution in [0.2, 0.25) is 0 Å². The number of carbonyl (C=O) groups excluding carboxylic acids is 2. The summed E-state index contributed by atoms with van der Waals surface area (Å²) in [5, 5.41) is 2.98. The Morgan fingerprint density at radius 3 is 2.46 bits per heavy atom. The number of carbonyl (C=O) groups is 2. The number of hydrogen-bond donors (Lipinski definition) is 1. The molecule has 0 bridgehead atoms. The molecule has 0 spiro atoms. The quantitative estimate of drug-likeness (QED) is 0.800. The van der Waals surface area contributed by atoms with Crippen LogP contribution in [-0.4, -0.2) is 36.5 Å². The average Bonchev–Trinajstić information content (AvgIpc) is 3.02. The molecule has 1 fully saturated rings. The number of nitrogens with zero attached hydrogens (tertiary/aromatic N) is 1. The third kappa shape index (κ3) is 3.96. The fourth-order valence-corrected chi connectivity index (χ4v) is 3.52. The lowest BCUT2D eigenvalue weighted by molar-refractivity contribution is -0.141. The molecule has 148 valence electrons. The van der Waals surface area contributed by atoms with Crippen molar-refractivity contribution in [3.63, 3.8) is 0 Å². The molecule has 1 aliphatic rings. The Hall–Kier alpha value is -3.02. The van der Waals surface area contributed by atoms with Gasteiger partial charge in [0.2, 0.25) is 11.8 Å². The number of amides is 2. The van der Waals surface area contributed by atoms with E-state index in [0.29, 0.717) is 37.4 Å². The highest BCUT2D eigenvalue weighted by Gasteiger charge is 2.47. The number of hydrogen-bond acceptors (Lipinski definition) is 4. The Morgan fingerprint density at radius 2 is 1.79 bits per heavy atom. The van der Waals surface area contributed by atoms with Gasteiger partial charge in [0, 0.05) is 19.5 Å². The Morgan fingerprint density at radius 1 is 1.07 bits per heavy atom. The van der Waals surface area contributed by atoms with Gasteiger partial charge in [0.15, 0.2) is 11.5 Å². The molecular weight excluding hydrogens is 356 g/mol. The molecule has 2 aromatic rings. The molecule has 1 atom stereocenters. The van der Waals surface area contributed by atoms with E-state index in [4.69, 9.17) is 9.47 Å². The number of ether oxygens (including phenoxy) is 2. The number of methoxy groups -OCH3 is 2. The predicted octanol–water partition coefficient (Wildman–Crippen LogP) is 2.90. The molecule has 1 saturated heterocycles.